The minimum Gasteiger partial charge on any atom is -0.225 e. The van der Waals surface area contributed by atoms with Crippen molar-refractivity contribution in [2.75, 3.05) is 0 Å². The number of alkyl halides is 3. The molecule has 0 radical (unpaired) electrons. The second-order valence-corrected chi connectivity index (χ2v) is 8.56. The van der Waals surface area contributed by atoms with Crippen LogP contribution in [0.25, 0.3) is 11.1 Å². The van der Waals surface area contributed by atoms with E-state index >= 15 is 0 Å². The van der Waals surface area contributed by atoms with Crippen LogP contribution < -0.4 is 5.14 Å². The van der Waals surface area contributed by atoms with Crippen LogP contribution in [-0.4, -0.2) is 8.42 Å². The molecule has 0 bridgehead atoms. The van der Waals surface area contributed by atoms with Gasteiger partial charge in [0.1, 0.15) is 0 Å². The van der Waals surface area contributed by atoms with E-state index < -0.39 is 21.8 Å². The Labute approximate surface area is 155 Å². The van der Waals surface area contributed by atoms with Crippen LogP contribution in [0.15, 0.2) is 65.6 Å². The number of hydrogen-bond acceptors (Lipinski definition) is 2. The molecule has 0 atom stereocenters. The molecule has 0 aliphatic heterocycles. The molecule has 1 saturated carbocycles. The van der Waals surface area contributed by atoms with Gasteiger partial charge in [-0.05, 0) is 59.4 Å². The summed E-state index contributed by atoms with van der Waals surface area (Å²) in [7, 11) is -3.78. The van der Waals surface area contributed by atoms with Crippen molar-refractivity contribution in [1.29, 1.82) is 0 Å². The molecule has 3 nitrogen and oxygen atoms in total. The summed E-state index contributed by atoms with van der Waals surface area (Å²) in [5.41, 5.74) is 2.55. The molecule has 2 aromatic rings. The number of benzene rings is 2. The van der Waals surface area contributed by atoms with Gasteiger partial charge in [0.25, 0.3) is 0 Å². The van der Waals surface area contributed by atoms with E-state index in [2.05, 4.69) is 12.2 Å². The highest BCUT2D eigenvalue weighted by Crippen LogP contribution is 2.57. The molecule has 140 valence electrons. The third-order valence-electron chi connectivity index (χ3n) is 5.00. The van der Waals surface area contributed by atoms with Gasteiger partial charge in [0, 0.05) is 5.41 Å². The fourth-order valence-corrected chi connectivity index (χ4v) is 3.86. The largest absolute Gasteiger partial charge is 0.416 e. The molecule has 7 heteroatoms. The standard InChI is InChI=1S/C20H16F3NO2S/c21-20(22,23)15-5-1-13(2-6-15)17-11-19(9-10-19)12-18(17)14-3-7-16(8-4-14)27(24,25)26/h1-8,11-12H,9-10H2,(H2,24,25,26). The number of hydrogen-bond donors (Lipinski definition) is 1. The summed E-state index contributed by atoms with van der Waals surface area (Å²) < 4.78 is 61.3. The molecule has 2 N–H and O–H groups in total. The van der Waals surface area contributed by atoms with Crippen LogP contribution in [-0.2, 0) is 16.2 Å². The van der Waals surface area contributed by atoms with E-state index in [9.17, 15) is 21.6 Å². The van der Waals surface area contributed by atoms with E-state index in [1.165, 1.54) is 24.3 Å². The molecule has 2 aromatic carbocycles. The number of halogens is 3. The Balaban J connectivity index is 1.72. The van der Waals surface area contributed by atoms with Crippen molar-refractivity contribution in [1.82, 2.24) is 0 Å². The monoisotopic (exact) mass is 391 g/mol. The Kier molecular flexibility index (Phi) is 3.87. The number of sulfonamides is 1. The molecule has 1 spiro atoms. The molecular weight excluding hydrogens is 375 g/mol. The molecule has 2 aliphatic rings. The summed E-state index contributed by atoms with van der Waals surface area (Å²) >= 11 is 0. The van der Waals surface area contributed by atoms with Gasteiger partial charge in [-0.25, -0.2) is 13.6 Å². The first-order valence-corrected chi connectivity index (χ1v) is 9.89. The fourth-order valence-electron chi connectivity index (χ4n) is 3.35. The van der Waals surface area contributed by atoms with Gasteiger partial charge in [-0.1, -0.05) is 36.4 Å². The molecule has 0 heterocycles. The van der Waals surface area contributed by atoms with Crippen molar-refractivity contribution in [2.45, 2.75) is 23.9 Å². The fraction of sp³-hybridized carbons (Fsp3) is 0.200. The van der Waals surface area contributed by atoms with Crippen LogP contribution in [0.4, 0.5) is 13.2 Å². The summed E-state index contributed by atoms with van der Waals surface area (Å²) in [5.74, 6) is 0. The lowest BCUT2D eigenvalue weighted by atomic mass is 9.94. The van der Waals surface area contributed by atoms with Gasteiger partial charge in [0.15, 0.2) is 0 Å². The Morgan fingerprint density at radius 1 is 0.815 bits per heavy atom. The highest BCUT2D eigenvalue weighted by Gasteiger charge is 2.43. The van der Waals surface area contributed by atoms with Crippen molar-refractivity contribution in [3.63, 3.8) is 0 Å². The number of primary sulfonamides is 1. The van der Waals surface area contributed by atoms with E-state index in [0.29, 0.717) is 5.56 Å². The van der Waals surface area contributed by atoms with Crippen molar-refractivity contribution in [3.05, 3.63) is 77.4 Å². The topological polar surface area (TPSA) is 60.2 Å². The van der Waals surface area contributed by atoms with Gasteiger partial charge < -0.3 is 0 Å². The first-order valence-electron chi connectivity index (χ1n) is 8.34. The van der Waals surface area contributed by atoms with E-state index in [0.717, 1.165) is 41.7 Å². The number of nitrogens with two attached hydrogens (primary N) is 1. The molecule has 4 rings (SSSR count). The lowest BCUT2D eigenvalue weighted by Crippen LogP contribution is -2.11. The Morgan fingerprint density at radius 2 is 1.26 bits per heavy atom. The van der Waals surface area contributed by atoms with Crippen molar-refractivity contribution in [2.24, 2.45) is 10.6 Å². The van der Waals surface area contributed by atoms with Gasteiger partial charge in [0.05, 0.1) is 10.5 Å². The normalized spacial score (nSPS) is 18.4. The molecule has 27 heavy (non-hydrogen) atoms. The van der Waals surface area contributed by atoms with E-state index in [4.69, 9.17) is 5.14 Å². The number of allylic oxidation sites excluding steroid dienone is 4. The van der Waals surface area contributed by atoms with Crippen LogP contribution in [0, 0.1) is 5.41 Å². The van der Waals surface area contributed by atoms with Crippen LogP contribution in [0.2, 0.25) is 0 Å². The summed E-state index contributed by atoms with van der Waals surface area (Å²) in [5, 5.41) is 5.14. The van der Waals surface area contributed by atoms with Gasteiger partial charge >= 0.3 is 6.18 Å². The molecule has 0 saturated heterocycles. The summed E-state index contributed by atoms with van der Waals surface area (Å²) in [4.78, 5) is 0.0195. The van der Waals surface area contributed by atoms with E-state index in [-0.39, 0.29) is 10.3 Å². The average Bonchev–Trinajstić information content (AvgIpc) is 3.24. The van der Waals surface area contributed by atoms with Crippen molar-refractivity contribution >= 4 is 21.2 Å². The SMILES string of the molecule is NS(=O)(=O)c1ccc(C2=CC3(C=C2c2ccc(C(F)(F)F)cc2)CC3)cc1. The van der Waals surface area contributed by atoms with Gasteiger partial charge in [-0.15, -0.1) is 0 Å². The Bertz CT molecular complexity index is 1060. The zero-order valence-corrected chi connectivity index (χ0v) is 14.9. The summed E-state index contributed by atoms with van der Waals surface area (Å²) in [6.45, 7) is 0. The molecule has 2 aliphatic carbocycles. The Morgan fingerprint density at radius 3 is 1.63 bits per heavy atom. The second kappa shape index (κ2) is 5.81. The minimum atomic E-state index is -4.37. The lowest BCUT2D eigenvalue weighted by Gasteiger charge is -2.12. The molecule has 0 unspecified atom stereocenters. The maximum Gasteiger partial charge on any atom is 0.416 e. The quantitative estimate of drug-likeness (QED) is 0.830. The average molecular weight is 391 g/mol. The molecule has 0 aromatic heterocycles. The van der Waals surface area contributed by atoms with Crippen molar-refractivity contribution < 1.29 is 21.6 Å². The van der Waals surface area contributed by atoms with Crippen LogP contribution in [0.3, 0.4) is 0 Å². The smallest absolute Gasteiger partial charge is 0.225 e. The second-order valence-electron chi connectivity index (χ2n) is 6.99. The van der Waals surface area contributed by atoms with E-state index in [1.807, 2.05) is 0 Å². The van der Waals surface area contributed by atoms with Crippen LogP contribution in [0.5, 0.6) is 0 Å². The lowest BCUT2D eigenvalue weighted by molar-refractivity contribution is -0.137. The zero-order chi connectivity index (χ0) is 19.4. The molecular formula is C20H16F3NO2S. The molecule has 1 fully saturated rings. The third-order valence-corrected chi connectivity index (χ3v) is 5.93. The van der Waals surface area contributed by atoms with Gasteiger partial charge in [-0.2, -0.15) is 13.2 Å². The van der Waals surface area contributed by atoms with Gasteiger partial charge in [-0.3, -0.25) is 0 Å². The first-order chi connectivity index (χ1) is 12.6. The predicted molar refractivity (Wildman–Crippen MR) is 96.9 cm³/mol. The first kappa shape index (κ1) is 18.0. The van der Waals surface area contributed by atoms with Crippen LogP contribution in [0.1, 0.15) is 29.5 Å². The number of rotatable bonds is 3. The zero-order valence-electron chi connectivity index (χ0n) is 14.1. The maximum atomic E-state index is 12.8. The van der Waals surface area contributed by atoms with Crippen LogP contribution >= 0.6 is 0 Å². The van der Waals surface area contributed by atoms with Gasteiger partial charge in [0.2, 0.25) is 10.0 Å². The van der Waals surface area contributed by atoms with E-state index in [1.54, 1.807) is 12.1 Å². The summed E-state index contributed by atoms with van der Waals surface area (Å²) in [6.07, 6.45) is 1.83. The predicted octanol–water partition coefficient (Wildman–Crippen LogP) is 4.61. The highest BCUT2D eigenvalue weighted by molar-refractivity contribution is 7.89. The highest BCUT2D eigenvalue weighted by atomic mass is 32.2. The molecule has 0 amide bonds. The summed E-state index contributed by atoms with van der Waals surface area (Å²) in [6, 6.07) is 11.3. The third kappa shape index (κ3) is 3.44. The minimum absolute atomic E-state index is 0.0195. The Hall–Kier alpha value is -2.38. The maximum absolute atomic E-state index is 12.8. The van der Waals surface area contributed by atoms with Crippen molar-refractivity contribution in [3.8, 4) is 0 Å².